The van der Waals surface area contributed by atoms with E-state index in [9.17, 15) is 5.11 Å². The molecule has 0 amide bonds. The van der Waals surface area contributed by atoms with Crippen molar-refractivity contribution < 1.29 is 10.2 Å². The van der Waals surface area contributed by atoms with E-state index in [1.54, 1.807) is 0 Å². The summed E-state index contributed by atoms with van der Waals surface area (Å²) in [5.74, 6) is 1.08. The van der Waals surface area contributed by atoms with Crippen LogP contribution in [0.1, 0.15) is 6.42 Å². The Morgan fingerprint density at radius 1 is 1.57 bits per heavy atom. The molecule has 0 aromatic carbocycles. The Balaban J connectivity index is 2.17. The summed E-state index contributed by atoms with van der Waals surface area (Å²) in [6.45, 7) is 0.790. The fourth-order valence-corrected chi connectivity index (χ4v) is 1.70. The molecule has 0 bridgehead atoms. The number of hydrogen-bond donors (Lipinski definition) is 5. The Morgan fingerprint density at radius 2 is 2.36 bits per heavy atom. The van der Waals surface area contributed by atoms with Crippen LogP contribution in [0, 0.1) is 5.92 Å². The molecule has 2 heterocycles. The third-order valence-corrected chi connectivity index (χ3v) is 2.48. The summed E-state index contributed by atoms with van der Waals surface area (Å²) in [5.41, 5.74) is 6.22. The third-order valence-electron chi connectivity index (χ3n) is 2.48. The molecule has 0 saturated heterocycles. The molecular formula is C8H14N4O2. The van der Waals surface area contributed by atoms with E-state index in [0.717, 1.165) is 11.4 Å². The topological polar surface area (TPSA) is 103 Å². The SMILES string of the molecule is NC1=NC(O)C2=C(NCC(CO)C2)N1. The van der Waals surface area contributed by atoms with E-state index < -0.39 is 6.23 Å². The molecule has 0 fully saturated rings. The highest BCUT2D eigenvalue weighted by Crippen LogP contribution is 2.23. The first kappa shape index (κ1) is 9.29. The van der Waals surface area contributed by atoms with E-state index in [1.165, 1.54) is 0 Å². The molecule has 2 rings (SSSR count). The molecule has 2 aliphatic rings. The number of hydrogen-bond acceptors (Lipinski definition) is 6. The number of aliphatic imine (C=N–C) groups is 1. The molecule has 0 spiro atoms. The maximum absolute atomic E-state index is 9.60. The molecule has 78 valence electrons. The summed E-state index contributed by atoms with van der Waals surface area (Å²) in [5, 5.41) is 24.5. The Hall–Kier alpha value is -1.27. The van der Waals surface area contributed by atoms with Gasteiger partial charge in [0, 0.05) is 24.6 Å². The van der Waals surface area contributed by atoms with Crippen molar-refractivity contribution in [2.24, 2.45) is 16.6 Å². The van der Waals surface area contributed by atoms with Crippen LogP contribution in [0.5, 0.6) is 0 Å². The zero-order chi connectivity index (χ0) is 10.1. The van der Waals surface area contributed by atoms with Gasteiger partial charge < -0.3 is 26.6 Å². The minimum absolute atomic E-state index is 0.107. The minimum Gasteiger partial charge on any atom is -0.396 e. The molecule has 0 radical (unpaired) electrons. The number of aliphatic hydroxyl groups is 2. The molecule has 0 aliphatic carbocycles. The Labute approximate surface area is 81.5 Å². The summed E-state index contributed by atoms with van der Waals surface area (Å²) in [6.07, 6.45) is -0.239. The minimum atomic E-state index is -0.881. The van der Waals surface area contributed by atoms with Crippen LogP contribution in [0.15, 0.2) is 16.4 Å². The molecule has 6 nitrogen and oxygen atoms in total. The molecule has 2 unspecified atom stereocenters. The highest BCUT2D eigenvalue weighted by molar-refractivity contribution is 5.81. The molecule has 0 saturated carbocycles. The molecule has 2 atom stereocenters. The van der Waals surface area contributed by atoms with E-state index in [4.69, 9.17) is 10.8 Å². The maximum atomic E-state index is 9.60. The van der Waals surface area contributed by atoms with Gasteiger partial charge >= 0.3 is 0 Å². The summed E-state index contributed by atoms with van der Waals surface area (Å²) >= 11 is 0. The van der Waals surface area contributed by atoms with Crippen molar-refractivity contribution >= 4 is 5.96 Å². The van der Waals surface area contributed by atoms with Crippen molar-refractivity contribution in [1.82, 2.24) is 10.6 Å². The Morgan fingerprint density at radius 3 is 3.07 bits per heavy atom. The predicted molar refractivity (Wildman–Crippen MR) is 51.0 cm³/mol. The fourth-order valence-electron chi connectivity index (χ4n) is 1.70. The average molecular weight is 198 g/mol. The van der Waals surface area contributed by atoms with E-state index in [0.29, 0.717) is 13.0 Å². The van der Waals surface area contributed by atoms with Crippen molar-refractivity contribution in [3.05, 3.63) is 11.4 Å². The van der Waals surface area contributed by atoms with Crippen molar-refractivity contribution in [3.63, 3.8) is 0 Å². The van der Waals surface area contributed by atoms with Crippen LogP contribution in [0.2, 0.25) is 0 Å². The lowest BCUT2D eigenvalue weighted by molar-refractivity contribution is 0.177. The van der Waals surface area contributed by atoms with Crippen LogP contribution in [0.4, 0.5) is 0 Å². The van der Waals surface area contributed by atoms with Crippen molar-refractivity contribution in [1.29, 1.82) is 0 Å². The van der Waals surface area contributed by atoms with Crippen LogP contribution in [0.25, 0.3) is 0 Å². The monoisotopic (exact) mass is 198 g/mol. The van der Waals surface area contributed by atoms with E-state index in [2.05, 4.69) is 15.6 Å². The van der Waals surface area contributed by atoms with Crippen molar-refractivity contribution in [2.75, 3.05) is 13.2 Å². The molecule has 0 aromatic heterocycles. The van der Waals surface area contributed by atoms with Gasteiger partial charge in [0.05, 0.1) is 0 Å². The van der Waals surface area contributed by atoms with Crippen molar-refractivity contribution in [3.8, 4) is 0 Å². The smallest absolute Gasteiger partial charge is 0.197 e. The van der Waals surface area contributed by atoms with E-state index in [-0.39, 0.29) is 18.5 Å². The fraction of sp³-hybridized carbons (Fsp3) is 0.625. The normalized spacial score (nSPS) is 31.4. The number of aliphatic hydroxyl groups excluding tert-OH is 2. The quantitative estimate of drug-likeness (QED) is 0.336. The van der Waals surface area contributed by atoms with Crippen LogP contribution in [0.3, 0.4) is 0 Å². The summed E-state index contributed by atoms with van der Waals surface area (Å²) in [6, 6.07) is 0. The van der Waals surface area contributed by atoms with Gasteiger partial charge in [-0.25, -0.2) is 4.99 Å². The van der Waals surface area contributed by atoms with Gasteiger partial charge in [-0.1, -0.05) is 0 Å². The second-order valence-electron chi connectivity index (χ2n) is 3.55. The second-order valence-corrected chi connectivity index (χ2v) is 3.55. The number of guanidine groups is 1. The van der Waals surface area contributed by atoms with Gasteiger partial charge in [0.2, 0.25) is 0 Å². The molecule has 2 aliphatic heterocycles. The lowest BCUT2D eigenvalue weighted by Crippen LogP contribution is -2.47. The Kier molecular flexibility index (Phi) is 2.30. The standard InChI is InChI=1S/C8H14N4O2/c9-8-11-6-5(7(14)12-8)1-4(3-13)2-10-6/h4,7,10,13-14H,1-3H2,(H3,9,11,12). The predicted octanol–water partition coefficient (Wildman–Crippen LogP) is -1.96. The zero-order valence-corrected chi connectivity index (χ0v) is 7.70. The van der Waals surface area contributed by atoms with Gasteiger partial charge in [-0.05, 0) is 6.42 Å². The molecule has 14 heavy (non-hydrogen) atoms. The highest BCUT2D eigenvalue weighted by atomic mass is 16.3. The lowest BCUT2D eigenvalue weighted by atomic mass is 9.95. The Bertz CT molecular complexity index is 300. The summed E-state index contributed by atoms with van der Waals surface area (Å²) < 4.78 is 0. The van der Waals surface area contributed by atoms with Crippen LogP contribution in [-0.2, 0) is 0 Å². The lowest BCUT2D eigenvalue weighted by Gasteiger charge is -2.31. The van der Waals surface area contributed by atoms with E-state index >= 15 is 0 Å². The summed E-state index contributed by atoms with van der Waals surface area (Å²) in [7, 11) is 0. The molecular weight excluding hydrogens is 184 g/mol. The van der Waals surface area contributed by atoms with Gasteiger partial charge in [-0.2, -0.15) is 0 Å². The largest absolute Gasteiger partial charge is 0.396 e. The second kappa shape index (κ2) is 3.47. The van der Waals surface area contributed by atoms with Gasteiger partial charge in [-0.3, -0.25) is 0 Å². The zero-order valence-electron chi connectivity index (χ0n) is 7.70. The molecule has 6 N–H and O–H groups in total. The molecule has 0 aromatic rings. The average Bonchev–Trinajstić information content (AvgIpc) is 2.17. The number of rotatable bonds is 1. The van der Waals surface area contributed by atoms with Crippen LogP contribution >= 0.6 is 0 Å². The van der Waals surface area contributed by atoms with Crippen LogP contribution in [-0.4, -0.2) is 35.6 Å². The van der Waals surface area contributed by atoms with Gasteiger partial charge in [0.25, 0.3) is 0 Å². The summed E-state index contributed by atoms with van der Waals surface area (Å²) in [4.78, 5) is 3.80. The van der Waals surface area contributed by atoms with Crippen LogP contribution < -0.4 is 16.4 Å². The first-order chi connectivity index (χ1) is 6.70. The number of nitrogens with two attached hydrogens (primary N) is 1. The van der Waals surface area contributed by atoms with Gasteiger partial charge in [0.1, 0.15) is 5.82 Å². The maximum Gasteiger partial charge on any atom is 0.197 e. The third kappa shape index (κ3) is 1.53. The van der Waals surface area contributed by atoms with Gasteiger partial charge in [-0.15, -0.1) is 0 Å². The first-order valence-corrected chi connectivity index (χ1v) is 4.57. The van der Waals surface area contributed by atoms with E-state index in [1.807, 2.05) is 0 Å². The van der Waals surface area contributed by atoms with Gasteiger partial charge in [0.15, 0.2) is 12.2 Å². The van der Waals surface area contributed by atoms with Crippen molar-refractivity contribution in [2.45, 2.75) is 12.6 Å². The number of nitrogens with one attached hydrogen (secondary N) is 2. The number of nitrogens with zero attached hydrogens (tertiary/aromatic N) is 1. The highest BCUT2D eigenvalue weighted by Gasteiger charge is 2.27. The first-order valence-electron chi connectivity index (χ1n) is 4.57. The molecule has 6 heteroatoms.